The van der Waals surface area contributed by atoms with E-state index in [2.05, 4.69) is 11.4 Å². The number of hydrogen-bond acceptors (Lipinski definition) is 3. The van der Waals surface area contributed by atoms with E-state index >= 15 is 0 Å². The summed E-state index contributed by atoms with van der Waals surface area (Å²) in [5, 5.41) is 4.23. The molecular formula is C17H22ClNO2. The summed E-state index contributed by atoms with van der Waals surface area (Å²) in [7, 11) is 0. The van der Waals surface area contributed by atoms with Crippen molar-refractivity contribution in [3.63, 3.8) is 0 Å². The summed E-state index contributed by atoms with van der Waals surface area (Å²) < 4.78 is 11.9. The standard InChI is InChI=1S/C17H22ClNO2/c18-14-9-16-15(20-10-17(3-4-17)11-21-16)8-13(14)7-12-1-5-19-6-2-12/h8-9,12,19H,1-7,10-11H2. The molecule has 1 N–H and O–H groups in total. The van der Waals surface area contributed by atoms with E-state index in [0.717, 1.165) is 55.2 Å². The molecule has 2 aliphatic heterocycles. The molecule has 0 unspecified atom stereocenters. The van der Waals surface area contributed by atoms with Crippen LogP contribution in [0.15, 0.2) is 12.1 Å². The zero-order valence-corrected chi connectivity index (χ0v) is 13.0. The quantitative estimate of drug-likeness (QED) is 0.908. The Morgan fingerprint density at radius 2 is 1.76 bits per heavy atom. The fourth-order valence-electron chi connectivity index (χ4n) is 3.32. The lowest BCUT2D eigenvalue weighted by molar-refractivity contribution is 0.197. The van der Waals surface area contributed by atoms with Crippen LogP contribution in [0.3, 0.4) is 0 Å². The molecule has 3 aliphatic rings. The molecule has 0 bridgehead atoms. The van der Waals surface area contributed by atoms with Crippen molar-refractivity contribution in [3.05, 3.63) is 22.7 Å². The van der Waals surface area contributed by atoms with Gasteiger partial charge in [0.05, 0.1) is 13.2 Å². The van der Waals surface area contributed by atoms with Crippen molar-refractivity contribution >= 4 is 11.6 Å². The normalized spacial score (nSPS) is 23.9. The van der Waals surface area contributed by atoms with E-state index in [1.165, 1.54) is 31.2 Å². The number of nitrogens with one attached hydrogen (secondary N) is 1. The van der Waals surface area contributed by atoms with Crippen LogP contribution < -0.4 is 14.8 Å². The highest BCUT2D eigenvalue weighted by molar-refractivity contribution is 6.31. The first kappa shape index (κ1) is 13.7. The number of benzene rings is 1. The zero-order chi connectivity index (χ0) is 14.3. The van der Waals surface area contributed by atoms with Crippen LogP contribution in [0.25, 0.3) is 0 Å². The summed E-state index contributed by atoms with van der Waals surface area (Å²) in [4.78, 5) is 0. The number of hydrogen-bond donors (Lipinski definition) is 1. The predicted molar refractivity (Wildman–Crippen MR) is 83.4 cm³/mol. The molecule has 2 fully saturated rings. The molecule has 1 aliphatic carbocycles. The van der Waals surface area contributed by atoms with Gasteiger partial charge >= 0.3 is 0 Å². The molecule has 1 aromatic carbocycles. The van der Waals surface area contributed by atoms with E-state index in [-0.39, 0.29) is 5.41 Å². The maximum absolute atomic E-state index is 6.47. The fourth-order valence-corrected chi connectivity index (χ4v) is 3.56. The van der Waals surface area contributed by atoms with Gasteiger partial charge in [-0.1, -0.05) is 11.6 Å². The molecule has 4 rings (SSSR count). The maximum Gasteiger partial charge on any atom is 0.162 e. The van der Waals surface area contributed by atoms with Gasteiger partial charge in [0.2, 0.25) is 0 Å². The van der Waals surface area contributed by atoms with Crippen LogP contribution in [0.1, 0.15) is 31.2 Å². The van der Waals surface area contributed by atoms with Crippen molar-refractivity contribution in [3.8, 4) is 11.5 Å². The Labute approximate surface area is 131 Å². The number of rotatable bonds is 2. The monoisotopic (exact) mass is 307 g/mol. The van der Waals surface area contributed by atoms with E-state index in [1.54, 1.807) is 0 Å². The van der Waals surface area contributed by atoms with E-state index in [4.69, 9.17) is 21.1 Å². The lowest BCUT2D eigenvalue weighted by Gasteiger charge is -2.23. The summed E-state index contributed by atoms with van der Waals surface area (Å²) in [5.74, 6) is 2.42. The second kappa shape index (κ2) is 5.36. The van der Waals surface area contributed by atoms with E-state index in [9.17, 15) is 0 Å². The molecule has 2 heterocycles. The summed E-state index contributed by atoms with van der Waals surface area (Å²) >= 11 is 6.47. The van der Waals surface area contributed by atoms with Gasteiger partial charge in [-0.2, -0.15) is 0 Å². The molecule has 1 saturated heterocycles. The molecular weight excluding hydrogens is 286 g/mol. The van der Waals surface area contributed by atoms with Gasteiger partial charge < -0.3 is 14.8 Å². The summed E-state index contributed by atoms with van der Waals surface area (Å²) in [6.45, 7) is 3.79. The van der Waals surface area contributed by atoms with Crippen molar-refractivity contribution < 1.29 is 9.47 Å². The van der Waals surface area contributed by atoms with Crippen LogP contribution in [-0.2, 0) is 6.42 Å². The molecule has 1 saturated carbocycles. The van der Waals surface area contributed by atoms with Gasteiger partial charge in [-0.15, -0.1) is 0 Å². The average Bonchev–Trinajstić information content (AvgIpc) is 3.29. The maximum atomic E-state index is 6.47. The van der Waals surface area contributed by atoms with Gasteiger partial charge in [0.15, 0.2) is 11.5 Å². The first-order valence-electron chi connectivity index (χ1n) is 8.03. The Balaban J connectivity index is 1.54. The Hall–Kier alpha value is -0.930. The van der Waals surface area contributed by atoms with Gasteiger partial charge in [-0.25, -0.2) is 0 Å². The fraction of sp³-hybridized carbons (Fsp3) is 0.647. The highest BCUT2D eigenvalue weighted by Gasteiger charge is 2.46. The minimum absolute atomic E-state index is 0.278. The summed E-state index contributed by atoms with van der Waals surface area (Å²) in [6, 6.07) is 4.07. The van der Waals surface area contributed by atoms with E-state index in [1.807, 2.05) is 6.07 Å². The van der Waals surface area contributed by atoms with E-state index in [0.29, 0.717) is 0 Å². The molecule has 1 spiro atoms. The lowest BCUT2D eigenvalue weighted by atomic mass is 9.91. The van der Waals surface area contributed by atoms with Crippen molar-refractivity contribution in [1.82, 2.24) is 5.32 Å². The first-order chi connectivity index (χ1) is 10.2. The third kappa shape index (κ3) is 2.86. The molecule has 1 aromatic rings. The first-order valence-corrected chi connectivity index (χ1v) is 8.41. The number of halogens is 1. The van der Waals surface area contributed by atoms with Crippen molar-refractivity contribution in [2.24, 2.45) is 11.3 Å². The summed E-state index contributed by atoms with van der Waals surface area (Å²) in [6.07, 6.45) is 5.94. The van der Waals surface area contributed by atoms with Gasteiger partial charge in [0.25, 0.3) is 0 Å². The van der Waals surface area contributed by atoms with Crippen LogP contribution in [0.2, 0.25) is 5.02 Å². The van der Waals surface area contributed by atoms with Gasteiger partial charge in [-0.3, -0.25) is 0 Å². The van der Waals surface area contributed by atoms with Gasteiger partial charge in [0.1, 0.15) is 0 Å². The number of fused-ring (bicyclic) bond motifs is 1. The second-order valence-corrected chi connectivity index (χ2v) is 7.27. The van der Waals surface area contributed by atoms with Crippen molar-refractivity contribution in [1.29, 1.82) is 0 Å². The molecule has 0 radical (unpaired) electrons. The molecule has 114 valence electrons. The molecule has 0 aromatic heterocycles. The molecule has 21 heavy (non-hydrogen) atoms. The molecule has 4 heteroatoms. The van der Waals surface area contributed by atoms with Gasteiger partial charge in [-0.05, 0) is 62.7 Å². The van der Waals surface area contributed by atoms with Crippen LogP contribution in [-0.4, -0.2) is 26.3 Å². The van der Waals surface area contributed by atoms with Crippen LogP contribution in [0.4, 0.5) is 0 Å². The van der Waals surface area contributed by atoms with Crippen molar-refractivity contribution in [2.45, 2.75) is 32.1 Å². The van der Waals surface area contributed by atoms with Crippen LogP contribution in [0, 0.1) is 11.3 Å². The predicted octanol–water partition coefficient (Wildman–Crippen LogP) is 3.43. The molecule has 3 nitrogen and oxygen atoms in total. The second-order valence-electron chi connectivity index (χ2n) is 6.87. The third-order valence-corrected chi connectivity index (χ3v) is 5.46. The number of piperidine rings is 1. The largest absolute Gasteiger partial charge is 0.489 e. The molecule has 0 atom stereocenters. The smallest absolute Gasteiger partial charge is 0.162 e. The van der Waals surface area contributed by atoms with Crippen LogP contribution >= 0.6 is 11.6 Å². The summed E-state index contributed by atoms with van der Waals surface area (Å²) in [5.41, 5.74) is 1.48. The van der Waals surface area contributed by atoms with Crippen molar-refractivity contribution in [2.75, 3.05) is 26.3 Å². The minimum Gasteiger partial charge on any atom is -0.489 e. The topological polar surface area (TPSA) is 30.5 Å². The Bertz CT molecular complexity index is 536. The Morgan fingerprint density at radius 3 is 2.43 bits per heavy atom. The van der Waals surface area contributed by atoms with Crippen LogP contribution in [0.5, 0.6) is 11.5 Å². The highest BCUT2D eigenvalue weighted by Crippen LogP contribution is 2.49. The molecule has 0 amide bonds. The van der Waals surface area contributed by atoms with E-state index < -0.39 is 0 Å². The van der Waals surface area contributed by atoms with Gasteiger partial charge in [0, 0.05) is 16.5 Å². The Kier molecular flexibility index (Phi) is 3.50. The zero-order valence-electron chi connectivity index (χ0n) is 12.3. The highest BCUT2D eigenvalue weighted by atomic mass is 35.5. The Morgan fingerprint density at radius 1 is 1.10 bits per heavy atom. The number of ether oxygens (including phenoxy) is 2. The average molecular weight is 308 g/mol. The minimum atomic E-state index is 0.278. The lowest BCUT2D eigenvalue weighted by Crippen LogP contribution is -2.28. The SMILES string of the molecule is Clc1cc2c(cc1CC1CCNCC1)OCC1(CC1)CO2. The third-order valence-electron chi connectivity index (χ3n) is 5.10.